The Morgan fingerprint density at radius 1 is 0.710 bits per heavy atom. The van der Waals surface area contributed by atoms with Gasteiger partial charge in [0.15, 0.2) is 0 Å². The van der Waals surface area contributed by atoms with Gasteiger partial charge in [-0.3, -0.25) is 0 Å². The fourth-order valence-electron chi connectivity index (χ4n) is 3.20. The lowest BCUT2D eigenvalue weighted by molar-refractivity contribution is 0.141. The Balaban J connectivity index is 2.02. The molecule has 0 spiro atoms. The van der Waals surface area contributed by atoms with Gasteiger partial charge in [-0.2, -0.15) is 0 Å². The largest absolute Gasteiger partial charge is 0.487 e. The number of amides is 2. The van der Waals surface area contributed by atoms with Crippen molar-refractivity contribution in [2.75, 3.05) is 6.61 Å². The first-order chi connectivity index (χ1) is 15.0. The highest BCUT2D eigenvalue weighted by molar-refractivity contribution is 7.07. The molecule has 3 rings (SSSR count). The monoisotopic (exact) mass is 432 g/mol. The zero-order valence-electron chi connectivity index (χ0n) is 17.5. The number of rotatable bonds is 6. The van der Waals surface area contributed by atoms with Crippen LogP contribution in [0.2, 0.25) is 0 Å². The second kappa shape index (κ2) is 10.4. The van der Waals surface area contributed by atoms with Crippen LogP contribution in [0.4, 0.5) is 9.59 Å². The summed E-state index contributed by atoms with van der Waals surface area (Å²) in [6.07, 6.45) is -1.86. The van der Waals surface area contributed by atoms with Crippen molar-refractivity contribution >= 4 is 36.1 Å². The van der Waals surface area contributed by atoms with Crippen molar-refractivity contribution in [3.63, 3.8) is 0 Å². The lowest BCUT2D eigenvalue weighted by atomic mass is 10.2. The normalized spacial score (nSPS) is 11.5. The molecule has 7 heteroatoms. The molecule has 6 nitrogen and oxygen atoms in total. The number of azo groups is 1. The minimum Gasteiger partial charge on any atom is -0.487 e. The third-order valence-electron chi connectivity index (χ3n) is 4.53. The molecule has 0 aliphatic rings. The van der Waals surface area contributed by atoms with Gasteiger partial charge in [0.1, 0.15) is 0 Å². The van der Waals surface area contributed by atoms with Crippen molar-refractivity contribution in [1.82, 2.24) is 0 Å². The van der Waals surface area contributed by atoms with Gasteiger partial charge in [-0.25, -0.2) is 9.59 Å². The van der Waals surface area contributed by atoms with Crippen LogP contribution in [-0.4, -0.2) is 27.1 Å². The van der Waals surface area contributed by atoms with E-state index < -0.39 is 20.5 Å². The summed E-state index contributed by atoms with van der Waals surface area (Å²) < 4.78 is 11.0. The summed E-state index contributed by atoms with van der Waals surface area (Å²) in [7, 11) is -3.25. The van der Waals surface area contributed by atoms with E-state index in [1.807, 2.05) is 105 Å². The van der Waals surface area contributed by atoms with Crippen LogP contribution in [0.3, 0.4) is 0 Å². The quantitative estimate of drug-likeness (QED) is 0.335. The predicted octanol–water partition coefficient (Wildman–Crippen LogP) is 4.03. The predicted molar refractivity (Wildman–Crippen MR) is 122 cm³/mol. The molecule has 0 aromatic heterocycles. The van der Waals surface area contributed by atoms with E-state index in [4.69, 9.17) is 9.16 Å². The van der Waals surface area contributed by atoms with Crippen LogP contribution in [0, 0.1) is 5.92 Å². The molecule has 0 heterocycles. The van der Waals surface area contributed by atoms with Crippen molar-refractivity contribution in [3.05, 3.63) is 91.0 Å². The second-order valence-corrected chi connectivity index (χ2v) is 10.6. The van der Waals surface area contributed by atoms with Crippen LogP contribution >= 0.6 is 0 Å². The molecule has 31 heavy (non-hydrogen) atoms. The molecule has 0 saturated heterocycles. The van der Waals surface area contributed by atoms with E-state index in [0.29, 0.717) is 0 Å². The molecule has 0 radical (unpaired) electrons. The Morgan fingerprint density at radius 3 is 1.48 bits per heavy atom. The number of hydrogen-bond acceptors (Lipinski definition) is 4. The summed E-state index contributed by atoms with van der Waals surface area (Å²) in [6.45, 7) is 4.00. The molecule has 0 N–H and O–H groups in total. The van der Waals surface area contributed by atoms with Crippen LogP contribution in [0.1, 0.15) is 13.8 Å². The SMILES string of the molecule is CC(C)COC(=O)N=NC(=O)O[Si](c1ccccc1)(c1ccccc1)c1ccccc1. The molecule has 2 amide bonds. The van der Waals surface area contributed by atoms with Gasteiger partial charge in [0.05, 0.1) is 6.61 Å². The van der Waals surface area contributed by atoms with E-state index in [-0.39, 0.29) is 12.5 Å². The summed E-state index contributed by atoms with van der Waals surface area (Å²) in [6, 6.07) is 28.8. The van der Waals surface area contributed by atoms with E-state index >= 15 is 0 Å². The maximum Gasteiger partial charge on any atom is 0.452 e. The van der Waals surface area contributed by atoms with E-state index in [9.17, 15) is 9.59 Å². The fourth-order valence-corrected chi connectivity index (χ4v) is 6.84. The van der Waals surface area contributed by atoms with Crippen molar-refractivity contribution in [2.24, 2.45) is 16.1 Å². The summed E-state index contributed by atoms with van der Waals surface area (Å²) in [5.74, 6) is 0.153. The lowest BCUT2D eigenvalue weighted by Gasteiger charge is -2.31. The molecule has 0 saturated carbocycles. The number of hydrogen-bond donors (Lipinski definition) is 0. The van der Waals surface area contributed by atoms with Crippen molar-refractivity contribution in [1.29, 1.82) is 0 Å². The Bertz CT molecular complexity index is 929. The van der Waals surface area contributed by atoms with Gasteiger partial charge < -0.3 is 9.16 Å². The minimum atomic E-state index is -3.25. The van der Waals surface area contributed by atoms with Gasteiger partial charge in [-0.1, -0.05) is 115 Å². The lowest BCUT2D eigenvalue weighted by Crippen LogP contribution is -2.69. The standard InChI is InChI=1S/C24H24N2O4Si/c1-19(2)18-29-23(27)25-26-24(28)30-31(20-12-6-3-7-13-20,21-14-8-4-9-15-21)22-16-10-5-11-17-22/h3-17,19H,18H2,1-2H3. The number of ether oxygens (including phenoxy) is 1. The molecule has 0 atom stereocenters. The topological polar surface area (TPSA) is 77.3 Å². The van der Waals surface area contributed by atoms with Crippen molar-refractivity contribution in [2.45, 2.75) is 13.8 Å². The Kier molecular flexibility index (Phi) is 7.45. The third kappa shape index (κ3) is 5.52. The van der Waals surface area contributed by atoms with E-state index in [2.05, 4.69) is 10.2 Å². The number of carbonyl (C=O) groups is 2. The molecule has 0 aliphatic carbocycles. The highest BCUT2D eigenvalue weighted by Crippen LogP contribution is 2.11. The van der Waals surface area contributed by atoms with Gasteiger partial charge in [0.25, 0.3) is 0 Å². The maximum atomic E-state index is 12.8. The first-order valence-corrected chi connectivity index (χ1v) is 11.9. The smallest absolute Gasteiger partial charge is 0.452 e. The minimum absolute atomic E-state index is 0.153. The van der Waals surface area contributed by atoms with Crippen LogP contribution in [0.25, 0.3) is 0 Å². The van der Waals surface area contributed by atoms with Gasteiger partial charge >= 0.3 is 20.5 Å². The molecule has 3 aromatic rings. The molecular formula is C24H24N2O4Si. The summed E-state index contributed by atoms with van der Waals surface area (Å²) in [4.78, 5) is 24.5. The number of nitrogens with zero attached hydrogens (tertiary/aromatic N) is 2. The zero-order chi connectivity index (χ0) is 22.1. The van der Waals surface area contributed by atoms with Crippen LogP contribution in [-0.2, 0) is 9.16 Å². The first-order valence-electron chi connectivity index (χ1n) is 10.0. The molecule has 0 unspecified atom stereocenters. The van der Waals surface area contributed by atoms with Gasteiger partial charge in [0.2, 0.25) is 0 Å². The summed E-state index contributed by atoms with van der Waals surface area (Å²) in [5, 5.41) is 9.48. The number of carbonyl (C=O) groups excluding carboxylic acids is 2. The summed E-state index contributed by atoms with van der Waals surface area (Å²) >= 11 is 0. The molecule has 0 bridgehead atoms. The third-order valence-corrected chi connectivity index (χ3v) is 8.45. The second-order valence-electron chi connectivity index (χ2n) is 7.32. The van der Waals surface area contributed by atoms with Crippen LogP contribution < -0.4 is 15.6 Å². The van der Waals surface area contributed by atoms with E-state index in [1.54, 1.807) is 0 Å². The van der Waals surface area contributed by atoms with Crippen LogP contribution in [0.15, 0.2) is 101 Å². The van der Waals surface area contributed by atoms with Crippen molar-refractivity contribution < 1.29 is 18.8 Å². The highest BCUT2D eigenvalue weighted by Gasteiger charge is 2.45. The maximum absolute atomic E-state index is 12.8. The van der Waals surface area contributed by atoms with Gasteiger partial charge in [-0.15, -0.1) is 0 Å². The average molecular weight is 433 g/mol. The van der Waals surface area contributed by atoms with E-state index in [1.165, 1.54) is 0 Å². The fraction of sp³-hybridized carbons (Fsp3) is 0.167. The summed E-state index contributed by atoms with van der Waals surface area (Å²) in [5.41, 5.74) is 0. The average Bonchev–Trinajstić information content (AvgIpc) is 2.81. The molecule has 3 aromatic carbocycles. The molecule has 158 valence electrons. The van der Waals surface area contributed by atoms with E-state index in [0.717, 1.165) is 15.6 Å². The van der Waals surface area contributed by atoms with Gasteiger partial charge in [-0.05, 0) is 21.5 Å². The Labute approximate surface area is 182 Å². The Morgan fingerprint density at radius 2 is 1.10 bits per heavy atom. The molecular weight excluding hydrogens is 408 g/mol. The van der Waals surface area contributed by atoms with Crippen molar-refractivity contribution in [3.8, 4) is 0 Å². The number of benzene rings is 3. The van der Waals surface area contributed by atoms with Crippen LogP contribution in [0.5, 0.6) is 0 Å². The first kappa shape index (κ1) is 22.1. The molecule has 0 fully saturated rings. The van der Waals surface area contributed by atoms with Gasteiger partial charge in [0, 0.05) is 0 Å². The Hall–Kier alpha value is -3.58. The zero-order valence-corrected chi connectivity index (χ0v) is 18.5. The highest BCUT2D eigenvalue weighted by atomic mass is 28.4. The molecule has 0 aliphatic heterocycles.